The van der Waals surface area contributed by atoms with Gasteiger partial charge in [0.15, 0.2) is 0 Å². The predicted octanol–water partition coefficient (Wildman–Crippen LogP) is 3.75. The second-order valence-electron chi connectivity index (χ2n) is 4.77. The number of aliphatic hydroxyl groups excluding tert-OH is 1. The van der Waals surface area contributed by atoms with Crippen molar-refractivity contribution in [2.45, 2.75) is 31.6 Å². The Morgan fingerprint density at radius 2 is 2.06 bits per heavy atom. The molecule has 1 aromatic rings. The molecule has 1 saturated carbocycles. The van der Waals surface area contributed by atoms with Crippen LogP contribution in [0.4, 0.5) is 10.1 Å². The van der Waals surface area contributed by atoms with E-state index in [-0.39, 0.29) is 29.1 Å². The molecule has 1 aliphatic rings. The lowest BCUT2D eigenvalue weighted by molar-refractivity contribution is 0.249. The molecule has 0 heterocycles. The predicted molar refractivity (Wildman–Crippen MR) is 67.3 cm³/mol. The highest BCUT2D eigenvalue weighted by atomic mass is 19.1. The zero-order valence-corrected chi connectivity index (χ0v) is 9.82. The molecule has 2 unspecified atom stereocenters. The zero-order valence-electron chi connectivity index (χ0n) is 9.82. The molecule has 2 rings (SSSR count). The van der Waals surface area contributed by atoms with E-state index in [0.717, 1.165) is 31.2 Å². The van der Waals surface area contributed by atoms with Crippen molar-refractivity contribution < 1.29 is 9.50 Å². The van der Waals surface area contributed by atoms with Gasteiger partial charge in [0, 0.05) is 5.92 Å². The molecule has 0 spiro atoms. The second kappa shape index (κ2) is 4.78. The molecule has 92 valence electrons. The molecule has 2 nitrogen and oxygen atoms in total. The maximum atomic E-state index is 13.1. The summed E-state index contributed by atoms with van der Waals surface area (Å²) in [6, 6.07) is 4.84. The van der Waals surface area contributed by atoms with Crippen LogP contribution in [0.2, 0.25) is 0 Å². The Kier molecular flexibility index (Phi) is 3.36. The topological polar surface area (TPSA) is 46.2 Å². The van der Waals surface area contributed by atoms with Crippen LogP contribution in [0.5, 0.6) is 0 Å². The van der Waals surface area contributed by atoms with Crippen LogP contribution in [0.3, 0.4) is 0 Å². The Balaban J connectivity index is 2.29. The first-order chi connectivity index (χ1) is 8.09. The fraction of sp³-hybridized carbons (Fsp3) is 0.429. The van der Waals surface area contributed by atoms with Gasteiger partial charge < -0.3 is 10.8 Å². The highest BCUT2D eigenvalue weighted by molar-refractivity contribution is 5.44. The number of halogens is 1. The average Bonchev–Trinajstić information content (AvgIpc) is 2.32. The van der Waals surface area contributed by atoms with Gasteiger partial charge in [-0.05, 0) is 36.5 Å². The molecule has 0 amide bonds. The minimum absolute atomic E-state index is 0.0774. The summed E-state index contributed by atoms with van der Waals surface area (Å²) >= 11 is 0. The van der Waals surface area contributed by atoms with Gasteiger partial charge in [-0.15, -0.1) is 0 Å². The molecular formula is C14H18FNO. The van der Waals surface area contributed by atoms with Gasteiger partial charge in [-0.3, -0.25) is 0 Å². The number of rotatable bonds is 2. The summed E-state index contributed by atoms with van der Waals surface area (Å²) < 4.78 is 13.1. The lowest BCUT2D eigenvalue weighted by atomic mass is 9.74. The molecule has 1 aromatic carbocycles. The highest BCUT2D eigenvalue weighted by Crippen LogP contribution is 2.41. The molecule has 1 aliphatic carbocycles. The number of hydrogen-bond donors (Lipinski definition) is 2. The summed E-state index contributed by atoms with van der Waals surface area (Å²) in [6.45, 7) is 3.64. The van der Waals surface area contributed by atoms with Gasteiger partial charge in [0.2, 0.25) is 0 Å². The van der Waals surface area contributed by atoms with Crippen LogP contribution in [0, 0.1) is 11.7 Å². The summed E-state index contributed by atoms with van der Waals surface area (Å²) in [5.41, 5.74) is 6.77. The van der Waals surface area contributed by atoms with E-state index in [9.17, 15) is 9.50 Å². The van der Waals surface area contributed by atoms with E-state index in [4.69, 9.17) is 5.73 Å². The van der Waals surface area contributed by atoms with Gasteiger partial charge in [0.1, 0.15) is 5.82 Å². The van der Waals surface area contributed by atoms with E-state index in [1.165, 1.54) is 6.07 Å². The number of allylic oxidation sites excluding steroid dienone is 1. The van der Waals surface area contributed by atoms with Crippen LogP contribution in [0.1, 0.15) is 37.2 Å². The minimum Gasteiger partial charge on any atom is -0.513 e. The van der Waals surface area contributed by atoms with Crippen LogP contribution in [0.15, 0.2) is 30.5 Å². The molecule has 0 saturated heterocycles. The largest absolute Gasteiger partial charge is 0.513 e. The Morgan fingerprint density at radius 3 is 2.71 bits per heavy atom. The molecule has 17 heavy (non-hydrogen) atoms. The number of nitrogen functional groups attached to an aromatic ring is 1. The van der Waals surface area contributed by atoms with Crippen molar-refractivity contribution in [3.05, 3.63) is 41.9 Å². The average molecular weight is 235 g/mol. The molecule has 0 bridgehead atoms. The Morgan fingerprint density at radius 1 is 1.35 bits per heavy atom. The number of benzene rings is 1. The van der Waals surface area contributed by atoms with Crippen LogP contribution >= 0.6 is 0 Å². The quantitative estimate of drug-likeness (QED) is 0.605. The van der Waals surface area contributed by atoms with Gasteiger partial charge in [-0.1, -0.05) is 25.5 Å². The Bertz CT molecular complexity index is 430. The van der Waals surface area contributed by atoms with Gasteiger partial charge in [-0.25, -0.2) is 4.39 Å². The first kappa shape index (κ1) is 12.0. The van der Waals surface area contributed by atoms with Crippen molar-refractivity contribution in [2.24, 2.45) is 5.92 Å². The SMILES string of the molecule is C=C(O)C1CCCCC1c1ccc(F)c(N)c1. The van der Waals surface area contributed by atoms with Crippen LogP contribution in [0.25, 0.3) is 0 Å². The normalized spacial score (nSPS) is 24.5. The summed E-state index contributed by atoms with van der Waals surface area (Å²) in [4.78, 5) is 0. The van der Waals surface area contributed by atoms with Gasteiger partial charge >= 0.3 is 0 Å². The standard InChI is InChI=1S/C14H18FNO/c1-9(17)11-4-2-3-5-12(11)10-6-7-13(15)14(16)8-10/h6-8,11-12,17H,1-5,16H2. The van der Waals surface area contributed by atoms with Gasteiger partial charge in [0.05, 0.1) is 11.4 Å². The van der Waals surface area contributed by atoms with Crippen LogP contribution in [-0.4, -0.2) is 5.11 Å². The molecule has 0 radical (unpaired) electrons. The van der Waals surface area contributed by atoms with E-state index in [2.05, 4.69) is 6.58 Å². The molecule has 1 fully saturated rings. The highest BCUT2D eigenvalue weighted by Gasteiger charge is 2.28. The monoisotopic (exact) mass is 235 g/mol. The summed E-state index contributed by atoms with van der Waals surface area (Å²) in [7, 11) is 0. The molecular weight excluding hydrogens is 217 g/mol. The smallest absolute Gasteiger partial charge is 0.146 e. The van der Waals surface area contributed by atoms with E-state index < -0.39 is 0 Å². The van der Waals surface area contributed by atoms with Crippen molar-refractivity contribution in [3.63, 3.8) is 0 Å². The molecule has 3 N–H and O–H groups in total. The van der Waals surface area contributed by atoms with Crippen molar-refractivity contribution >= 4 is 5.69 Å². The van der Waals surface area contributed by atoms with Crippen molar-refractivity contribution in [3.8, 4) is 0 Å². The molecule has 0 aliphatic heterocycles. The second-order valence-corrected chi connectivity index (χ2v) is 4.77. The third-order valence-corrected chi connectivity index (χ3v) is 3.64. The first-order valence-corrected chi connectivity index (χ1v) is 6.02. The number of anilines is 1. The molecule has 2 atom stereocenters. The number of nitrogens with two attached hydrogens (primary N) is 1. The summed E-state index contributed by atoms with van der Waals surface area (Å²) in [5, 5.41) is 9.63. The lowest BCUT2D eigenvalue weighted by Crippen LogP contribution is -2.19. The first-order valence-electron chi connectivity index (χ1n) is 6.02. The van der Waals surface area contributed by atoms with Crippen LogP contribution < -0.4 is 5.73 Å². The van der Waals surface area contributed by atoms with E-state index in [1.54, 1.807) is 12.1 Å². The minimum atomic E-state index is -0.385. The number of hydrogen-bond acceptors (Lipinski definition) is 2. The van der Waals surface area contributed by atoms with E-state index in [0.29, 0.717) is 0 Å². The number of aliphatic hydroxyl groups is 1. The van der Waals surface area contributed by atoms with Gasteiger partial charge in [-0.2, -0.15) is 0 Å². The third-order valence-electron chi connectivity index (χ3n) is 3.64. The Hall–Kier alpha value is -1.51. The fourth-order valence-corrected chi connectivity index (χ4v) is 2.72. The lowest BCUT2D eigenvalue weighted by Gasteiger charge is -2.31. The molecule has 0 aromatic heterocycles. The summed E-state index contributed by atoms with van der Waals surface area (Å²) in [6.07, 6.45) is 4.18. The third kappa shape index (κ3) is 2.43. The van der Waals surface area contributed by atoms with Crippen LogP contribution in [-0.2, 0) is 0 Å². The maximum absolute atomic E-state index is 13.1. The summed E-state index contributed by atoms with van der Waals surface area (Å²) in [5.74, 6) is 0.138. The van der Waals surface area contributed by atoms with E-state index >= 15 is 0 Å². The van der Waals surface area contributed by atoms with Gasteiger partial charge in [0.25, 0.3) is 0 Å². The van der Waals surface area contributed by atoms with Crippen molar-refractivity contribution in [2.75, 3.05) is 5.73 Å². The molecule has 3 heteroatoms. The van der Waals surface area contributed by atoms with Crippen molar-refractivity contribution in [1.82, 2.24) is 0 Å². The zero-order chi connectivity index (χ0) is 12.4. The van der Waals surface area contributed by atoms with Crippen molar-refractivity contribution in [1.29, 1.82) is 0 Å². The Labute approximate surface area is 101 Å². The fourth-order valence-electron chi connectivity index (χ4n) is 2.72. The van der Waals surface area contributed by atoms with E-state index in [1.807, 2.05) is 0 Å². The maximum Gasteiger partial charge on any atom is 0.146 e.